The summed E-state index contributed by atoms with van der Waals surface area (Å²) in [5.41, 5.74) is 0.689. The molecule has 18 heavy (non-hydrogen) atoms. The van der Waals surface area contributed by atoms with Crippen LogP contribution in [0.25, 0.3) is 0 Å². The fourth-order valence-corrected chi connectivity index (χ4v) is 1.60. The molecular formula is C12H21N3O3. The summed E-state index contributed by atoms with van der Waals surface area (Å²) in [6.07, 6.45) is 1.62. The number of carbonyl (C=O) groups is 1. The molecule has 0 saturated heterocycles. The Kier molecular flexibility index (Phi) is 5.77. The molecule has 0 spiro atoms. The van der Waals surface area contributed by atoms with Gasteiger partial charge in [-0.15, -0.1) is 5.10 Å². The Bertz CT molecular complexity index is 388. The van der Waals surface area contributed by atoms with Crippen molar-refractivity contribution in [2.45, 2.75) is 40.2 Å². The third-order valence-corrected chi connectivity index (χ3v) is 2.66. The molecule has 0 saturated carbocycles. The van der Waals surface area contributed by atoms with Crippen LogP contribution in [0.4, 0.5) is 0 Å². The van der Waals surface area contributed by atoms with Gasteiger partial charge < -0.3 is 9.84 Å². The minimum Gasteiger partial charge on any atom is -0.476 e. The minimum atomic E-state index is -1.03. The molecule has 0 aliphatic rings. The number of aromatic carboxylic acids is 1. The van der Waals surface area contributed by atoms with Crippen LogP contribution in [-0.4, -0.2) is 39.3 Å². The SMILES string of the molecule is CCc1c(C(=O)O)nnn1CCOCCC(C)C. The third-order valence-electron chi connectivity index (χ3n) is 2.66. The van der Waals surface area contributed by atoms with Crippen molar-refractivity contribution in [3.8, 4) is 0 Å². The van der Waals surface area contributed by atoms with Gasteiger partial charge in [0, 0.05) is 6.61 Å². The summed E-state index contributed by atoms with van der Waals surface area (Å²) in [5, 5.41) is 16.5. The van der Waals surface area contributed by atoms with E-state index < -0.39 is 5.97 Å². The Morgan fingerprint density at radius 1 is 1.44 bits per heavy atom. The van der Waals surface area contributed by atoms with Gasteiger partial charge in [0.05, 0.1) is 18.8 Å². The number of aromatic nitrogens is 3. The molecule has 0 aliphatic heterocycles. The summed E-state index contributed by atoms with van der Waals surface area (Å²) in [6.45, 7) is 7.98. The first-order valence-electron chi connectivity index (χ1n) is 6.29. The summed E-state index contributed by atoms with van der Waals surface area (Å²) >= 11 is 0. The van der Waals surface area contributed by atoms with Crippen LogP contribution in [0.3, 0.4) is 0 Å². The van der Waals surface area contributed by atoms with Gasteiger partial charge in [0.25, 0.3) is 0 Å². The molecular weight excluding hydrogens is 234 g/mol. The number of nitrogens with zero attached hydrogens (tertiary/aromatic N) is 3. The van der Waals surface area contributed by atoms with Gasteiger partial charge in [-0.1, -0.05) is 26.0 Å². The van der Waals surface area contributed by atoms with Crippen LogP contribution >= 0.6 is 0 Å². The molecule has 6 heteroatoms. The van der Waals surface area contributed by atoms with Crippen LogP contribution in [0.15, 0.2) is 0 Å². The zero-order valence-electron chi connectivity index (χ0n) is 11.2. The highest BCUT2D eigenvalue weighted by atomic mass is 16.5. The number of ether oxygens (including phenoxy) is 1. The number of rotatable bonds is 8. The van der Waals surface area contributed by atoms with Crippen LogP contribution in [0.2, 0.25) is 0 Å². The van der Waals surface area contributed by atoms with E-state index in [1.54, 1.807) is 4.68 Å². The smallest absolute Gasteiger partial charge is 0.358 e. The lowest BCUT2D eigenvalue weighted by molar-refractivity contribution is 0.0689. The highest BCUT2D eigenvalue weighted by Gasteiger charge is 2.16. The van der Waals surface area contributed by atoms with Gasteiger partial charge in [-0.05, 0) is 18.8 Å². The molecule has 1 aromatic heterocycles. The first-order chi connectivity index (χ1) is 8.56. The van der Waals surface area contributed by atoms with E-state index in [-0.39, 0.29) is 5.69 Å². The molecule has 1 aromatic rings. The normalized spacial score (nSPS) is 11.1. The molecule has 1 N–H and O–H groups in total. The lowest BCUT2D eigenvalue weighted by Gasteiger charge is -2.07. The molecule has 6 nitrogen and oxygen atoms in total. The Morgan fingerprint density at radius 2 is 2.17 bits per heavy atom. The second-order valence-corrected chi connectivity index (χ2v) is 4.56. The van der Waals surface area contributed by atoms with Gasteiger partial charge in [0.1, 0.15) is 0 Å². The second-order valence-electron chi connectivity index (χ2n) is 4.56. The lowest BCUT2D eigenvalue weighted by atomic mass is 10.1. The lowest BCUT2D eigenvalue weighted by Crippen LogP contribution is -2.12. The van der Waals surface area contributed by atoms with Gasteiger partial charge in [-0.3, -0.25) is 0 Å². The van der Waals surface area contributed by atoms with Crippen molar-refractivity contribution in [1.29, 1.82) is 0 Å². The molecule has 1 rings (SSSR count). The molecule has 102 valence electrons. The van der Waals surface area contributed by atoms with Crippen LogP contribution in [0.1, 0.15) is 43.4 Å². The second kappa shape index (κ2) is 7.10. The summed E-state index contributed by atoms with van der Waals surface area (Å²) in [7, 11) is 0. The van der Waals surface area contributed by atoms with Crippen molar-refractivity contribution in [2.24, 2.45) is 5.92 Å². The predicted octanol–water partition coefficient (Wildman–Crippen LogP) is 1.60. The monoisotopic (exact) mass is 255 g/mol. The molecule has 0 aromatic carbocycles. The number of carboxylic acid groups (broad SMARTS) is 1. The van der Waals surface area contributed by atoms with E-state index in [1.807, 2.05) is 6.92 Å². The topological polar surface area (TPSA) is 77.2 Å². The van der Waals surface area contributed by atoms with Gasteiger partial charge in [0.2, 0.25) is 0 Å². The maximum Gasteiger partial charge on any atom is 0.358 e. The standard InChI is InChI=1S/C12H21N3O3/c1-4-10-11(12(16)17)13-14-15(10)6-8-18-7-5-9(2)3/h9H,4-8H2,1-3H3,(H,16,17). The molecule has 0 aliphatic carbocycles. The van der Waals surface area contributed by atoms with Crippen LogP contribution in [-0.2, 0) is 17.7 Å². The highest BCUT2D eigenvalue weighted by Crippen LogP contribution is 2.06. The summed E-state index contributed by atoms with van der Waals surface area (Å²) in [4.78, 5) is 10.9. The minimum absolute atomic E-state index is 0.0414. The molecule has 0 bridgehead atoms. The van der Waals surface area contributed by atoms with Gasteiger partial charge in [-0.25, -0.2) is 9.48 Å². The van der Waals surface area contributed by atoms with E-state index in [0.717, 1.165) is 13.0 Å². The van der Waals surface area contributed by atoms with Crippen molar-refractivity contribution in [2.75, 3.05) is 13.2 Å². The third kappa shape index (κ3) is 4.10. The average Bonchev–Trinajstić information content (AvgIpc) is 2.71. The van der Waals surface area contributed by atoms with E-state index in [2.05, 4.69) is 24.2 Å². The van der Waals surface area contributed by atoms with Crippen LogP contribution < -0.4 is 0 Å². The zero-order valence-corrected chi connectivity index (χ0v) is 11.2. The quantitative estimate of drug-likeness (QED) is 0.714. The van der Waals surface area contributed by atoms with E-state index in [1.165, 1.54) is 0 Å². The molecule has 0 radical (unpaired) electrons. The van der Waals surface area contributed by atoms with Crippen molar-refractivity contribution in [3.63, 3.8) is 0 Å². The molecule has 0 amide bonds. The van der Waals surface area contributed by atoms with Crippen molar-refractivity contribution >= 4 is 5.97 Å². The first kappa shape index (κ1) is 14.6. The number of hydrogen-bond donors (Lipinski definition) is 1. The predicted molar refractivity (Wildman–Crippen MR) is 66.6 cm³/mol. The van der Waals surface area contributed by atoms with Gasteiger partial charge in [-0.2, -0.15) is 0 Å². The van der Waals surface area contributed by atoms with Crippen LogP contribution in [0.5, 0.6) is 0 Å². The van der Waals surface area contributed by atoms with E-state index in [4.69, 9.17) is 9.84 Å². The Balaban J connectivity index is 2.45. The average molecular weight is 255 g/mol. The van der Waals surface area contributed by atoms with Crippen molar-refractivity contribution < 1.29 is 14.6 Å². The van der Waals surface area contributed by atoms with E-state index in [9.17, 15) is 4.79 Å². The van der Waals surface area contributed by atoms with E-state index in [0.29, 0.717) is 31.2 Å². The number of carboxylic acids is 1. The highest BCUT2D eigenvalue weighted by molar-refractivity contribution is 5.86. The molecule has 1 heterocycles. The Hall–Kier alpha value is -1.43. The maximum absolute atomic E-state index is 10.9. The van der Waals surface area contributed by atoms with Gasteiger partial charge >= 0.3 is 5.97 Å². The Morgan fingerprint density at radius 3 is 2.72 bits per heavy atom. The summed E-state index contributed by atoms with van der Waals surface area (Å²) in [5.74, 6) is -0.403. The molecule has 0 atom stereocenters. The first-order valence-corrected chi connectivity index (χ1v) is 6.29. The van der Waals surface area contributed by atoms with Crippen LogP contribution in [0, 0.1) is 5.92 Å². The van der Waals surface area contributed by atoms with Crippen molar-refractivity contribution in [3.05, 3.63) is 11.4 Å². The fourth-order valence-electron chi connectivity index (χ4n) is 1.60. The fraction of sp³-hybridized carbons (Fsp3) is 0.750. The summed E-state index contributed by atoms with van der Waals surface area (Å²) in [6, 6.07) is 0. The maximum atomic E-state index is 10.9. The Labute approximate surface area is 107 Å². The summed E-state index contributed by atoms with van der Waals surface area (Å²) < 4.78 is 7.09. The largest absolute Gasteiger partial charge is 0.476 e. The van der Waals surface area contributed by atoms with Gasteiger partial charge in [0.15, 0.2) is 5.69 Å². The number of hydrogen-bond acceptors (Lipinski definition) is 4. The molecule has 0 unspecified atom stereocenters. The molecule has 0 fully saturated rings. The van der Waals surface area contributed by atoms with Crippen molar-refractivity contribution in [1.82, 2.24) is 15.0 Å². The van der Waals surface area contributed by atoms with E-state index >= 15 is 0 Å². The zero-order chi connectivity index (χ0) is 13.5.